The smallest absolute Gasteiger partial charge is 0.0711 e. The van der Waals surface area contributed by atoms with Gasteiger partial charge in [0.15, 0.2) is 0 Å². The van der Waals surface area contributed by atoms with Gasteiger partial charge in [0.1, 0.15) is 0 Å². The summed E-state index contributed by atoms with van der Waals surface area (Å²) >= 11 is 0. The van der Waals surface area contributed by atoms with Crippen molar-refractivity contribution in [2.24, 2.45) is 5.84 Å². The van der Waals surface area contributed by atoms with Crippen LogP contribution in [0.2, 0.25) is 0 Å². The molecule has 2 rings (SSSR count). The molecule has 1 atom stereocenters. The number of hydrogen-bond acceptors (Lipinski definition) is 3. The molecule has 0 saturated heterocycles. The zero-order valence-electron chi connectivity index (χ0n) is 11.1. The SMILES string of the molecule is Cc1cccc(C(NN)c2cc(C)nc(C)c2)c1. The van der Waals surface area contributed by atoms with Crippen LogP contribution in [0.4, 0.5) is 0 Å². The summed E-state index contributed by atoms with van der Waals surface area (Å²) < 4.78 is 0. The van der Waals surface area contributed by atoms with E-state index in [0.717, 1.165) is 17.0 Å². The lowest BCUT2D eigenvalue weighted by Gasteiger charge is -2.18. The van der Waals surface area contributed by atoms with Crippen LogP contribution in [0.5, 0.6) is 0 Å². The molecule has 0 spiro atoms. The highest BCUT2D eigenvalue weighted by molar-refractivity contribution is 5.35. The number of nitrogens with two attached hydrogens (primary N) is 1. The summed E-state index contributed by atoms with van der Waals surface area (Å²) in [4.78, 5) is 4.39. The lowest BCUT2D eigenvalue weighted by atomic mass is 9.97. The van der Waals surface area contributed by atoms with Crippen molar-refractivity contribution in [1.82, 2.24) is 10.4 Å². The lowest BCUT2D eigenvalue weighted by molar-refractivity contribution is 0.634. The predicted octanol–water partition coefficient (Wildman–Crippen LogP) is 2.56. The number of hydrogen-bond donors (Lipinski definition) is 2. The van der Waals surface area contributed by atoms with Gasteiger partial charge in [-0.05, 0) is 44.0 Å². The number of nitrogens with one attached hydrogen (secondary N) is 1. The minimum Gasteiger partial charge on any atom is -0.271 e. The summed E-state index contributed by atoms with van der Waals surface area (Å²) in [6.07, 6.45) is 0. The van der Waals surface area contributed by atoms with E-state index in [1.165, 1.54) is 11.1 Å². The van der Waals surface area contributed by atoms with Gasteiger partial charge in [0.2, 0.25) is 0 Å². The molecule has 1 unspecified atom stereocenters. The molecule has 1 aromatic carbocycles. The molecule has 3 N–H and O–H groups in total. The average molecular weight is 241 g/mol. The van der Waals surface area contributed by atoms with Gasteiger partial charge in [-0.3, -0.25) is 10.8 Å². The molecule has 3 nitrogen and oxygen atoms in total. The Labute approximate surface area is 108 Å². The minimum absolute atomic E-state index is 0.00491. The first-order valence-corrected chi connectivity index (χ1v) is 6.08. The maximum atomic E-state index is 5.72. The Morgan fingerprint density at radius 1 is 1.00 bits per heavy atom. The van der Waals surface area contributed by atoms with Crippen molar-refractivity contribution in [3.05, 3.63) is 64.5 Å². The molecule has 94 valence electrons. The van der Waals surface area contributed by atoms with E-state index in [2.05, 4.69) is 53.7 Å². The van der Waals surface area contributed by atoms with Crippen LogP contribution in [0.15, 0.2) is 36.4 Å². The van der Waals surface area contributed by atoms with Gasteiger partial charge in [-0.2, -0.15) is 0 Å². The monoisotopic (exact) mass is 241 g/mol. The lowest BCUT2D eigenvalue weighted by Crippen LogP contribution is -2.29. The molecular formula is C15H19N3. The fourth-order valence-corrected chi connectivity index (χ4v) is 2.27. The second-order valence-corrected chi connectivity index (χ2v) is 4.70. The molecule has 18 heavy (non-hydrogen) atoms. The number of rotatable bonds is 3. The molecule has 0 aliphatic rings. The summed E-state index contributed by atoms with van der Waals surface area (Å²) in [7, 11) is 0. The van der Waals surface area contributed by atoms with Crippen LogP contribution in [-0.4, -0.2) is 4.98 Å². The van der Waals surface area contributed by atoms with E-state index < -0.39 is 0 Å². The highest BCUT2D eigenvalue weighted by atomic mass is 15.2. The van der Waals surface area contributed by atoms with Crippen LogP contribution >= 0.6 is 0 Å². The van der Waals surface area contributed by atoms with Crippen molar-refractivity contribution >= 4 is 0 Å². The second-order valence-electron chi connectivity index (χ2n) is 4.70. The molecule has 0 fully saturated rings. The summed E-state index contributed by atoms with van der Waals surface area (Å²) in [6.45, 7) is 6.08. The van der Waals surface area contributed by atoms with Crippen molar-refractivity contribution < 1.29 is 0 Å². The third-order valence-corrected chi connectivity index (χ3v) is 2.98. The largest absolute Gasteiger partial charge is 0.271 e. The Morgan fingerprint density at radius 3 is 2.22 bits per heavy atom. The van der Waals surface area contributed by atoms with E-state index in [0.29, 0.717) is 0 Å². The Morgan fingerprint density at radius 2 is 1.67 bits per heavy atom. The van der Waals surface area contributed by atoms with Crippen molar-refractivity contribution in [2.75, 3.05) is 0 Å². The zero-order chi connectivity index (χ0) is 13.1. The number of nitrogens with zero attached hydrogens (tertiary/aromatic N) is 1. The van der Waals surface area contributed by atoms with E-state index in [1.54, 1.807) is 0 Å². The highest BCUT2D eigenvalue weighted by Crippen LogP contribution is 2.23. The van der Waals surface area contributed by atoms with Gasteiger partial charge in [0, 0.05) is 11.4 Å². The Bertz CT molecular complexity index is 529. The molecule has 1 heterocycles. The molecule has 0 bridgehead atoms. The molecule has 1 aromatic heterocycles. The summed E-state index contributed by atoms with van der Waals surface area (Å²) in [5.74, 6) is 5.72. The van der Waals surface area contributed by atoms with Gasteiger partial charge in [-0.1, -0.05) is 29.8 Å². The number of hydrazine groups is 1. The van der Waals surface area contributed by atoms with Gasteiger partial charge < -0.3 is 0 Å². The quantitative estimate of drug-likeness (QED) is 0.641. The van der Waals surface area contributed by atoms with E-state index in [1.807, 2.05) is 13.8 Å². The van der Waals surface area contributed by atoms with Crippen molar-refractivity contribution in [3.63, 3.8) is 0 Å². The zero-order valence-corrected chi connectivity index (χ0v) is 11.1. The molecule has 3 heteroatoms. The van der Waals surface area contributed by atoms with Crippen LogP contribution in [0, 0.1) is 20.8 Å². The number of pyridine rings is 1. The normalized spacial score (nSPS) is 12.4. The third-order valence-electron chi connectivity index (χ3n) is 2.98. The molecule has 0 aliphatic heterocycles. The molecule has 0 aliphatic carbocycles. The molecule has 0 saturated carbocycles. The predicted molar refractivity (Wildman–Crippen MR) is 74.1 cm³/mol. The first-order chi connectivity index (χ1) is 8.60. The van der Waals surface area contributed by atoms with E-state index in [4.69, 9.17) is 5.84 Å². The Hall–Kier alpha value is -1.71. The van der Waals surface area contributed by atoms with Crippen molar-refractivity contribution in [1.29, 1.82) is 0 Å². The highest BCUT2D eigenvalue weighted by Gasteiger charge is 2.13. The summed E-state index contributed by atoms with van der Waals surface area (Å²) in [6, 6.07) is 12.5. The average Bonchev–Trinajstić information content (AvgIpc) is 2.28. The summed E-state index contributed by atoms with van der Waals surface area (Å²) in [5, 5.41) is 0. The van der Waals surface area contributed by atoms with Gasteiger partial charge >= 0.3 is 0 Å². The molecule has 2 aromatic rings. The molecule has 0 radical (unpaired) electrons. The van der Waals surface area contributed by atoms with Gasteiger partial charge in [-0.25, -0.2) is 5.43 Å². The number of aryl methyl sites for hydroxylation is 3. The van der Waals surface area contributed by atoms with Crippen LogP contribution in [-0.2, 0) is 0 Å². The molecular weight excluding hydrogens is 222 g/mol. The Kier molecular flexibility index (Phi) is 3.75. The fourth-order valence-electron chi connectivity index (χ4n) is 2.27. The van der Waals surface area contributed by atoms with Crippen molar-refractivity contribution in [3.8, 4) is 0 Å². The van der Waals surface area contributed by atoms with Crippen LogP contribution in [0.1, 0.15) is 34.1 Å². The van der Waals surface area contributed by atoms with Gasteiger partial charge in [0.25, 0.3) is 0 Å². The van der Waals surface area contributed by atoms with Gasteiger partial charge in [-0.15, -0.1) is 0 Å². The van der Waals surface area contributed by atoms with E-state index in [9.17, 15) is 0 Å². The maximum Gasteiger partial charge on any atom is 0.0711 e. The Balaban J connectivity index is 2.45. The van der Waals surface area contributed by atoms with Gasteiger partial charge in [0.05, 0.1) is 6.04 Å². The first kappa shape index (κ1) is 12.7. The van der Waals surface area contributed by atoms with E-state index in [-0.39, 0.29) is 6.04 Å². The summed E-state index contributed by atoms with van der Waals surface area (Å²) in [5.41, 5.74) is 8.46. The second kappa shape index (κ2) is 5.29. The maximum absolute atomic E-state index is 5.72. The van der Waals surface area contributed by atoms with Crippen molar-refractivity contribution in [2.45, 2.75) is 26.8 Å². The van der Waals surface area contributed by atoms with E-state index >= 15 is 0 Å². The molecule has 0 amide bonds. The standard InChI is InChI=1S/C15H19N3/c1-10-5-4-6-13(7-10)15(18-16)14-8-11(2)17-12(3)9-14/h4-9,15,18H,16H2,1-3H3. The minimum atomic E-state index is 0.00491. The number of benzene rings is 1. The number of aromatic nitrogens is 1. The topological polar surface area (TPSA) is 50.9 Å². The van der Waals surface area contributed by atoms with Crippen LogP contribution in [0.25, 0.3) is 0 Å². The third kappa shape index (κ3) is 2.75. The van der Waals surface area contributed by atoms with Crippen LogP contribution in [0.3, 0.4) is 0 Å². The van der Waals surface area contributed by atoms with Crippen LogP contribution < -0.4 is 11.3 Å². The first-order valence-electron chi connectivity index (χ1n) is 6.08. The fraction of sp³-hybridized carbons (Fsp3) is 0.267.